The van der Waals surface area contributed by atoms with E-state index in [-0.39, 0.29) is 18.8 Å². The number of amides is 2. The van der Waals surface area contributed by atoms with Crippen LogP contribution in [-0.4, -0.2) is 37.1 Å². The van der Waals surface area contributed by atoms with Crippen molar-refractivity contribution in [1.29, 1.82) is 0 Å². The van der Waals surface area contributed by atoms with Crippen LogP contribution in [0.5, 0.6) is 0 Å². The molecule has 138 valence electrons. The zero-order chi connectivity index (χ0) is 19.0. The molecule has 5 nitrogen and oxygen atoms in total. The Morgan fingerprint density at radius 2 is 1.92 bits per heavy atom. The van der Waals surface area contributed by atoms with Crippen LogP contribution in [0.4, 0.5) is 32.0 Å². The number of carbonyl (C=O) groups excluding carboxylic acids is 2. The highest BCUT2D eigenvalue weighted by Gasteiger charge is 2.63. The molecule has 0 radical (unpaired) electrons. The van der Waals surface area contributed by atoms with E-state index >= 15 is 0 Å². The van der Waals surface area contributed by atoms with Crippen LogP contribution in [0.1, 0.15) is 12.5 Å². The molecule has 2 rings (SSSR count). The van der Waals surface area contributed by atoms with Crippen molar-refractivity contribution in [2.45, 2.75) is 24.6 Å². The molecule has 1 aliphatic rings. The van der Waals surface area contributed by atoms with Gasteiger partial charge in [-0.3, -0.25) is 9.59 Å². The molecule has 0 bridgehead atoms. The Kier molecular flexibility index (Phi) is 4.73. The van der Waals surface area contributed by atoms with Gasteiger partial charge >= 0.3 is 18.0 Å². The summed E-state index contributed by atoms with van der Waals surface area (Å²) >= 11 is 0. The first-order chi connectivity index (χ1) is 11.4. The van der Waals surface area contributed by atoms with Crippen LogP contribution in [0.3, 0.4) is 0 Å². The van der Waals surface area contributed by atoms with E-state index in [1.165, 1.54) is 12.2 Å². The normalized spacial score (nSPS) is 21.6. The Morgan fingerprint density at radius 3 is 2.48 bits per heavy atom. The maximum Gasteiger partial charge on any atom is 0.463 e. The number of anilines is 1. The molecule has 1 atom stereocenters. The zero-order valence-corrected chi connectivity index (χ0v) is 12.6. The quantitative estimate of drug-likeness (QED) is 0.803. The maximum atomic E-state index is 14.0. The van der Waals surface area contributed by atoms with Crippen molar-refractivity contribution in [3.05, 3.63) is 29.6 Å². The first kappa shape index (κ1) is 19.0. The molecule has 2 amide bonds. The second-order valence-corrected chi connectivity index (χ2v) is 5.59. The van der Waals surface area contributed by atoms with E-state index in [4.69, 9.17) is 4.74 Å². The SMILES string of the molecule is CC1(c2cc(NC(=O)C(F)(F)C(F)(F)F)ccc2F)COCC(=O)N1. The second-order valence-electron chi connectivity index (χ2n) is 5.59. The fourth-order valence-corrected chi connectivity index (χ4v) is 2.24. The average molecular weight is 370 g/mol. The molecule has 0 saturated carbocycles. The molecule has 2 N–H and O–H groups in total. The Labute approximate surface area is 137 Å². The van der Waals surface area contributed by atoms with E-state index in [0.29, 0.717) is 0 Å². The third-order valence-corrected chi connectivity index (χ3v) is 3.50. The van der Waals surface area contributed by atoms with Gasteiger partial charge in [-0.2, -0.15) is 22.0 Å². The highest BCUT2D eigenvalue weighted by molar-refractivity contribution is 5.96. The number of carbonyl (C=O) groups is 2. The maximum absolute atomic E-state index is 14.0. The first-order valence-corrected chi connectivity index (χ1v) is 6.81. The lowest BCUT2D eigenvalue weighted by molar-refractivity contribution is -0.267. The summed E-state index contributed by atoms with van der Waals surface area (Å²) in [5, 5.41) is 3.83. The molecule has 1 saturated heterocycles. The summed E-state index contributed by atoms with van der Waals surface area (Å²) in [6.45, 7) is 0.954. The molecule has 0 aliphatic carbocycles. The third-order valence-electron chi connectivity index (χ3n) is 3.50. The molecule has 11 heteroatoms. The second kappa shape index (κ2) is 6.21. The summed E-state index contributed by atoms with van der Waals surface area (Å²) < 4.78 is 81.6. The van der Waals surface area contributed by atoms with Crippen LogP contribution >= 0.6 is 0 Å². The van der Waals surface area contributed by atoms with Crippen LogP contribution in [0, 0.1) is 5.82 Å². The minimum atomic E-state index is -6.07. The molecule has 1 heterocycles. The zero-order valence-electron chi connectivity index (χ0n) is 12.6. The molecule has 0 aromatic heterocycles. The van der Waals surface area contributed by atoms with Gasteiger partial charge in [0.2, 0.25) is 5.91 Å². The molecule has 25 heavy (non-hydrogen) atoms. The molecule has 1 fully saturated rings. The summed E-state index contributed by atoms with van der Waals surface area (Å²) in [7, 11) is 0. The summed E-state index contributed by atoms with van der Waals surface area (Å²) in [6, 6.07) is 2.44. The fourth-order valence-electron chi connectivity index (χ4n) is 2.24. The minimum absolute atomic E-state index is 0.161. The summed E-state index contributed by atoms with van der Waals surface area (Å²) in [4.78, 5) is 22.6. The van der Waals surface area contributed by atoms with Gasteiger partial charge in [0.25, 0.3) is 0 Å². The predicted molar refractivity (Wildman–Crippen MR) is 72.3 cm³/mol. The van der Waals surface area contributed by atoms with Gasteiger partial charge in [-0.05, 0) is 25.1 Å². The number of benzene rings is 1. The number of ether oxygens (including phenoxy) is 1. The van der Waals surface area contributed by atoms with E-state index in [2.05, 4.69) is 5.32 Å². The summed E-state index contributed by atoms with van der Waals surface area (Å²) in [5.74, 6) is -9.65. The largest absolute Gasteiger partial charge is 0.463 e. The monoisotopic (exact) mass is 370 g/mol. The van der Waals surface area contributed by atoms with Crippen molar-refractivity contribution >= 4 is 17.5 Å². The molecular formula is C14H12F6N2O3. The van der Waals surface area contributed by atoms with Gasteiger partial charge in [-0.1, -0.05) is 0 Å². The third kappa shape index (κ3) is 3.70. The smallest absolute Gasteiger partial charge is 0.369 e. The number of morpholine rings is 1. The van der Waals surface area contributed by atoms with Crippen LogP contribution in [-0.2, 0) is 19.9 Å². The van der Waals surface area contributed by atoms with Crippen LogP contribution in [0.25, 0.3) is 0 Å². The van der Waals surface area contributed by atoms with Gasteiger partial charge in [0, 0.05) is 11.3 Å². The predicted octanol–water partition coefficient (Wildman–Crippen LogP) is 2.32. The molecule has 0 spiro atoms. The fraction of sp³-hybridized carbons (Fsp3) is 0.429. The minimum Gasteiger partial charge on any atom is -0.369 e. The van der Waals surface area contributed by atoms with E-state index in [1.54, 1.807) is 0 Å². The van der Waals surface area contributed by atoms with Crippen molar-refractivity contribution < 1.29 is 40.7 Å². The summed E-state index contributed by atoms with van der Waals surface area (Å²) in [5.41, 5.74) is -2.12. The Bertz CT molecular complexity index is 706. The Hall–Kier alpha value is -2.30. The van der Waals surface area contributed by atoms with Crippen molar-refractivity contribution in [3.8, 4) is 0 Å². The number of hydrogen-bond acceptors (Lipinski definition) is 3. The van der Waals surface area contributed by atoms with Crippen LogP contribution in [0.15, 0.2) is 18.2 Å². The molecule has 1 aliphatic heterocycles. The number of alkyl halides is 5. The number of rotatable bonds is 3. The van der Waals surface area contributed by atoms with Gasteiger partial charge in [0.15, 0.2) is 0 Å². The highest BCUT2D eigenvalue weighted by Crippen LogP contribution is 2.36. The lowest BCUT2D eigenvalue weighted by Crippen LogP contribution is -2.53. The van der Waals surface area contributed by atoms with Crippen molar-refractivity contribution in [1.82, 2.24) is 5.32 Å². The summed E-state index contributed by atoms with van der Waals surface area (Å²) in [6.07, 6.45) is -6.07. The lowest BCUT2D eigenvalue weighted by atomic mass is 9.91. The topological polar surface area (TPSA) is 67.4 Å². The van der Waals surface area contributed by atoms with E-state index in [9.17, 15) is 35.9 Å². The number of nitrogens with one attached hydrogen (secondary N) is 2. The first-order valence-electron chi connectivity index (χ1n) is 6.81. The van der Waals surface area contributed by atoms with Crippen molar-refractivity contribution in [2.75, 3.05) is 18.5 Å². The van der Waals surface area contributed by atoms with E-state index in [1.807, 2.05) is 0 Å². The molecule has 1 aromatic rings. The van der Waals surface area contributed by atoms with Gasteiger partial charge in [0.1, 0.15) is 12.4 Å². The number of hydrogen-bond donors (Lipinski definition) is 2. The molecule has 1 unspecified atom stereocenters. The average Bonchev–Trinajstić information content (AvgIpc) is 2.47. The van der Waals surface area contributed by atoms with E-state index in [0.717, 1.165) is 18.2 Å². The van der Waals surface area contributed by atoms with Gasteiger partial charge in [-0.25, -0.2) is 4.39 Å². The molecular weight excluding hydrogens is 358 g/mol. The Balaban J connectivity index is 2.31. The van der Waals surface area contributed by atoms with Crippen LogP contribution in [0.2, 0.25) is 0 Å². The van der Waals surface area contributed by atoms with Crippen molar-refractivity contribution in [2.24, 2.45) is 0 Å². The lowest BCUT2D eigenvalue weighted by Gasteiger charge is -2.35. The standard InChI is InChI=1S/C14H12F6N2O3/c1-12(6-25-5-10(23)22-12)8-4-7(2-3-9(8)15)21-11(24)13(16,17)14(18,19)20/h2-4H,5-6H2,1H3,(H,21,24)(H,22,23). The van der Waals surface area contributed by atoms with Gasteiger partial charge in [-0.15, -0.1) is 0 Å². The highest BCUT2D eigenvalue weighted by atomic mass is 19.4. The van der Waals surface area contributed by atoms with E-state index < -0.39 is 41.0 Å². The van der Waals surface area contributed by atoms with Crippen LogP contribution < -0.4 is 10.6 Å². The van der Waals surface area contributed by atoms with Gasteiger partial charge < -0.3 is 15.4 Å². The molecule has 1 aromatic carbocycles. The Morgan fingerprint density at radius 1 is 1.28 bits per heavy atom. The van der Waals surface area contributed by atoms with Crippen molar-refractivity contribution in [3.63, 3.8) is 0 Å². The number of halogens is 6. The van der Waals surface area contributed by atoms with Gasteiger partial charge in [0.05, 0.1) is 12.1 Å².